The maximum atomic E-state index is 12.7. The van der Waals surface area contributed by atoms with Crippen LogP contribution >= 0.6 is 11.8 Å². The Labute approximate surface area is 171 Å². The molecule has 0 aliphatic carbocycles. The van der Waals surface area contributed by atoms with Gasteiger partial charge in [-0.25, -0.2) is 9.78 Å². The molecule has 0 saturated carbocycles. The van der Waals surface area contributed by atoms with Crippen LogP contribution in [0.2, 0.25) is 0 Å². The lowest BCUT2D eigenvalue weighted by atomic mass is 10.1. The standard InChI is InChI=1S/C20H23N5O3S/c1-4-8-25-17(21)16(18(27)23-19(25)28)15(26)11-29-20-22-7-9-24(20)14-6-5-12(2)10-13(14)3/h5-7,9-10H,4,8,11,21H2,1-3H3,(H,23,27,28). The molecule has 0 radical (unpaired) electrons. The molecular weight excluding hydrogens is 390 g/mol. The van der Waals surface area contributed by atoms with Crippen molar-refractivity contribution in [1.29, 1.82) is 0 Å². The second-order valence-electron chi connectivity index (χ2n) is 6.75. The van der Waals surface area contributed by atoms with Gasteiger partial charge in [-0.1, -0.05) is 36.4 Å². The predicted octanol–water partition coefficient (Wildman–Crippen LogP) is 2.31. The molecule has 3 rings (SSSR count). The molecule has 0 amide bonds. The fourth-order valence-corrected chi connectivity index (χ4v) is 4.00. The number of aryl methyl sites for hydroxylation is 2. The van der Waals surface area contributed by atoms with E-state index >= 15 is 0 Å². The van der Waals surface area contributed by atoms with Crippen molar-refractivity contribution in [3.63, 3.8) is 0 Å². The quantitative estimate of drug-likeness (QED) is 0.454. The number of carbonyl (C=O) groups is 1. The third-order valence-electron chi connectivity index (χ3n) is 4.52. The van der Waals surface area contributed by atoms with Crippen LogP contribution in [0, 0.1) is 13.8 Å². The van der Waals surface area contributed by atoms with Crippen LogP contribution in [-0.2, 0) is 6.54 Å². The number of rotatable bonds is 7. The van der Waals surface area contributed by atoms with Crippen molar-refractivity contribution in [2.75, 3.05) is 11.5 Å². The lowest BCUT2D eigenvalue weighted by molar-refractivity contribution is 0.102. The molecule has 0 spiro atoms. The van der Waals surface area contributed by atoms with Crippen LogP contribution in [0.25, 0.3) is 5.69 Å². The number of H-pyrrole nitrogens is 1. The molecule has 1 aromatic carbocycles. The number of nitrogen functional groups attached to an aromatic ring is 1. The minimum atomic E-state index is -0.761. The molecule has 3 N–H and O–H groups in total. The fourth-order valence-electron chi connectivity index (χ4n) is 3.16. The molecule has 0 fully saturated rings. The number of nitrogens with two attached hydrogens (primary N) is 1. The van der Waals surface area contributed by atoms with Crippen LogP contribution < -0.4 is 17.0 Å². The molecule has 9 heteroatoms. The van der Waals surface area contributed by atoms with Gasteiger partial charge in [0, 0.05) is 18.9 Å². The van der Waals surface area contributed by atoms with Crippen molar-refractivity contribution in [3.8, 4) is 5.69 Å². The number of benzene rings is 1. The van der Waals surface area contributed by atoms with Crippen LogP contribution in [-0.4, -0.2) is 30.6 Å². The molecule has 152 valence electrons. The zero-order chi connectivity index (χ0) is 21.1. The summed E-state index contributed by atoms with van der Waals surface area (Å²) in [6, 6.07) is 6.09. The summed E-state index contributed by atoms with van der Waals surface area (Å²) in [6.07, 6.45) is 4.13. The first kappa shape index (κ1) is 20.7. The van der Waals surface area contributed by atoms with Gasteiger partial charge in [-0.3, -0.25) is 23.7 Å². The second kappa shape index (κ2) is 8.52. The van der Waals surface area contributed by atoms with Crippen LogP contribution in [0.1, 0.15) is 34.8 Å². The summed E-state index contributed by atoms with van der Waals surface area (Å²) < 4.78 is 3.12. The molecule has 2 aromatic heterocycles. The van der Waals surface area contributed by atoms with E-state index in [9.17, 15) is 14.4 Å². The highest BCUT2D eigenvalue weighted by Gasteiger charge is 2.20. The highest BCUT2D eigenvalue weighted by molar-refractivity contribution is 7.99. The van der Waals surface area contributed by atoms with Gasteiger partial charge in [0.25, 0.3) is 5.56 Å². The number of aromatic amines is 1. The van der Waals surface area contributed by atoms with Crippen molar-refractivity contribution < 1.29 is 4.79 Å². The monoisotopic (exact) mass is 413 g/mol. The zero-order valence-corrected chi connectivity index (χ0v) is 17.4. The molecule has 8 nitrogen and oxygen atoms in total. The van der Waals surface area contributed by atoms with E-state index in [0.29, 0.717) is 18.1 Å². The Morgan fingerprint density at radius 1 is 1.28 bits per heavy atom. The predicted molar refractivity (Wildman–Crippen MR) is 114 cm³/mol. The third kappa shape index (κ3) is 4.19. The average molecular weight is 414 g/mol. The Hall–Kier alpha value is -3.07. The topological polar surface area (TPSA) is 116 Å². The van der Waals surface area contributed by atoms with E-state index < -0.39 is 17.0 Å². The van der Waals surface area contributed by atoms with Crippen molar-refractivity contribution in [2.24, 2.45) is 0 Å². The number of hydrogen-bond acceptors (Lipinski definition) is 6. The summed E-state index contributed by atoms with van der Waals surface area (Å²) in [4.78, 5) is 43.4. The molecular formula is C20H23N5O3S. The highest BCUT2D eigenvalue weighted by atomic mass is 32.2. The molecule has 29 heavy (non-hydrogen) atoms. The lowest BCUT2D eigenvalue weighted by Crippen LogP contribution is -2.36. The normalized spacial score (nSPS) is 11.0. The van der Waals surface area contributed by atoms with Gasteiger partial charge in [0.15, 0.2) is 10.9 Å². The van der Waals surface area contributed by atoms with E-state index in [2.05, 4.69) is 16.0 Å². The largest absolute Gasteiger partial charge is 0.384 e. The lowest BCUT2D eigenvalue weighted by Gasteiger charge is -2.12. The SMILES string of the molecule is CCCn1c(N)c(C(=O)CSc2nccn2-c2ccc(C)cc2C)c(=O)[nH]c1=O. The van der Waals surface area contributed by atoms with Gasteiger partial charge in [-0.15, -0.1) is 0 Å². The van der Waals surface area contributed by atoms with Gasteiger partial charge in [0.05, 0.1) is 11.4 Å². The van der Waals surface area contributed by atoms with E-state index in [0.717, 1.165) is 16.8 Å². The minimum absolute atomic E-state index is 0.0282. The molecule has 0 aliphatic heterocycles. The Morgan fingerprint density at radius 2 is 2.03 bits per heavy atom. The number of nitrogens with one attached hydrogen (secondary N) is 1. The number of carbonyl (C=O) groups excluding carboxylic acids is 1. The van der Waals surface area contributed by atoms with E-state index in [1.807, 2.05) is 43.7 Å². The van der Waals surface area contributed by atoms with E-state index in [1.165, 1.54) is 16.3 Å². The highest BCUT2D eigenvalue weighted by Crippen LogP contribution is 2.24. The second-order valence-corrected chi connectivity index (χ2v) is 7.70. The number of imidazole rings is 1. The summed E-state index contributed by atoms with van der Waals surface area (Å²) >= 11 is 1.21. The van der Waals surface area contributed by atoms with Gasteiger partial charge in [0.2, 0.25) is 0 Å². The van der Waals surface area contributed by atoms with Crippen LogP contribution in [0.5, 0.6) is 0 Å². The first-order chi connectivity index (χ1) is 13.8. The average Bonchev–Trinajstić information content (AvgIpc) is 3.11. The molecule has 2 heterocycles. The summed E-state index contributed by atoms with van der Waals surface area (Å²) in [6.45, 7) is 6.24. The summed E-state index contributed by atoms with van der Waals surface area (Å²) in [7, 11) is 0. The molecule has 0 unspecified atom stereocenters. The molecule has 0 saturated heterocycles. The van der Waals surface area contributed by atoms with Gasteiger partial charge in [-0.05, 0) is 31.9 Å². The zero-order valence-electron chi connectivity index (χ0n) is 16.6. The Morgan fingerprint density at radius 3 is 2.72 bits per heavy atom. The number of Topliss-reactive ketones (excluding diaryl/α,β-unsaturated/α-hetero) is 1. The van der Waals surface area contributed by atoms with E-state index in [1.54, 1.807) is 6.20 Å². The smallest absolute Gasteiger partial charge is 0.329 e. The summed E-state index contributed by atoms with van der Waals surface area (Å²) in [5.41, 5.74) is 7.63. The Kier molecular flexibility index (Phi) is 6.07. The third-order valence-corrected chi connectivity index (χ3v) is 5.48. The number of anilines is 1. The molecule has 3 aromatic rings. The van der Waals surface area contributed by atoms with Crippen molar-refractivity contribution in [2.45, 2.75) is 38.9 Å². The first-order valence-electron chi connectivity index (χ1n) is 9.23. The van der Waals surface area contributed by atoms with Gasteiger partial charge < -0.3 is 5.73 Å². The molecule has 0 bridgehead atoms. The van der Waals surface area contributed by atoms with Crippen LogP contribution in [0.3, 0.4) is 0 Å². The Balaban J connectivity index is 1.86. The number of nitrogens with zero attached hydrogens (tertiary/aromatic N) is 3. The van der Waals surface area contributed by atoms with Crippen molar-refractivity contribution in [1.82, 2.24) is 19.1 Å². The maximum Gasteiger partial charge on any atom is 0.329 e. The van der Waals surface area contributed by atoms with Crippen LogP contribution in [0.15, 0.2) is 45.3 Å². The van der Waals surface area contributed by atoms with Crippen molar-refractivity contribution in [3.05, 3.63) is 68.1 Å². The molecule has 0 atom stereocenters. The van der Waals surface area contributed by atoms with E-state index in [4.69, 9.17) is 5.73 Å². The summed E-state index contributed by atoms with van der Waals surface area (Å²) in [5.74, 6) is -0.572. The maximum absolute atomic E-state index is 12.7. The molecule has 0 aliphatic rings. The Bertz CT molecular complexity index is 1180. The van der Waals surface area contributed by atoms with Gasteiger partial charge in [-0.2, -0.15) is 0 Å². The van der Waals surface area contributed by atoms with Crippen molar-refractivity contribution >= 4 is 23.4 Å². The van der Waals surface area contributed by atoms with E-state index in [-0.39, 0.29) is 17.1 Å². The number of hydrogen-bond donors (Lipinski definition) is 2. The van der Waals surface area contributed by atoms with Gasteiger partial charge in [0.1, 0.15) is 11.4 Å². The number of aromatic nitrogens is 4. The summed E-state index contributed by atoms with van der Waals surface area (Å²) in [5, 5.41) is 0.627. The minimum Gasteiger partial charge on any atom is -0.384 e. The fraction of sp³-hybridized carbons (Fsp3) is 0.300. The van der Waals surface area contributed by atoms with Crippen LogP contribution in [0.4, 0.5) is 5.82 Å². The first-order valence-corrected chi connectivity index (χ1v) is 10.2. The number of thioether (sulfide) groups is 1. The number of ketones is 1. The van der Waals surface area contributed by atoms with Gasteiger partial charge >= 0.3 is 5.69 Å².